The van der Waals surface area contributed by atoms with Crippen LogP contribution in [0.1, 0.15) is 18.4 Å². The normalized spacial score (nSPS) is 15.0. The maximum absolute atomic E-state index is 13.4. The van der Waals surface area contributed by atoms with E-state index in [-0.39, 0.29) is 35.2 Å². The molecule has 1 saturated carbocycles. The molecule has 3 rings (SSSR count). The molecule has 3 N–H and O–H groups in total. The molecule has 0 aromatic heterocycles. The van der Waals surface area contributed by atoms with Gasteiger partial charge in [-0.25, -0.2) is 4.39 Å². The van der Waals surface area contributed by atoms with Gasteiger partial charge in [-0.2, -0.15) is 0 Å². The van der Waals surface area contributed by atoms with Crippen molar-refractivity contribution in [2.75, 3.05) is 26.1 Å². The number of anilines is 1. The van der Waals surface area contributed by atoms with Crippen molar-refractivity contribution in [1.29, 1.82) is 0 Å². The van der Waals surface area contributed by atoms with E-state index in [1.54, 1.807) is 38.5 Å². The van der Waals surface area contributed by atoms with Gasteiger partial charge in [0.2, 0.25) is 0 Å². The zero-order valence-electron chi connectivity index (χ0n) is 14.8. The Morgan fingerprint density at radius 2 is 1.88 bits per heavy atom. The first kappa shape index (κ1) is 20.3. The molecule has 0 amide bonds. The number of methoxy groups -OCH3 is 2. The topological polar surface area (TPSA) is 68.9 Å². The van der Waals surface area contributed by atoms with E-state index in [2.05, 4.69) is 10.3 Å². The third-order valence-corrected chi connectivity index (χ3v) is 4.50. The molecule has 0 atom stereocenters. The van der Waals surface area contributed by atoms with Gasteiger partial charge in [-0.3, -0.25) is 4.99 Å². The number of nitrogens with one attached hydrogen (secondary N) is 1. The van der Waals surface area contributed by atoms with Gasteiger partial charge in [0.05, 0.1) is 20.8 Å². The van der Waals surface area contributed by atoms with Crippen LogP contribution in [-0.4, -0.2) is 26.7 Å². The van der Waals surface area contributed by atoms with E-state index < -0.39 is 0 Å². The molecule has 140 valence electrons. The molecule has 1 fully saturated rings. The fourth-order valence-corrected chi connectivity index (χ4v) is 2.85. The molecule has 0 radical (unpaired) electrons. The number of aliphatic imine (C=N–C) groups is 1. The monoisotopic (exact) mass is 471 g/mol. The summed E-state index contributed by atoms with van der Waals surface area (Å²) < 4.78 is 23.9. The molecular weight excluding hydrogens is 448 g/mol. The SMILES string of the molecule is COc1ccc(NC(N)=NCC2(c3cccc(F)c3)CC2)cc1OC.I. The number of halogens is 2. The van der Waals surface area contributed by atoms with Gasteiger partial charge >= 0.3 is 0 Å². The summed E-state index contributed by atoms with van der Waals surface area (Å²) in [5.74, 6) is 1.35. The highest BCUT2D eigenvalue weighted by molar-refractivity contribution is 14.0. The molecule has 0 unspecified atom stereocenters. The van der Waals surface area contributed by atoms with Gasteiger partial charge in [-0.15, -0.1) is 24.0 Å². The van der Waals surface area contributed by atoms with Crippen LogP contribution in [-0.2, 0) is 5.41 Å². The first-order chi connectivity index (χ1) is 12.1. The summed E-state index contributed by atoms with van der Waals surface area (Å²) in [6.07, 6.45) is 1.98. The Morgan fingerprint density at radius 3 is 2.50 bits per heavy atom. The quantitative estimate of drug-likeness (QED) is 0.381. The maximum Gasteiger partial charge on any atom is 0.193 e. The van der Waals surface area contributed by atoms with Crippen LogP contribution >= 0.6 is 24.0 Å². The molecule has 0 spiro atoms. The number of benzene rings is 2. The van der Waals surface area contributed by atoms with E-state index in [4.69, 9.17) is 15.2 Å². The lowest BCUT2D eigenvalue weighted by atomic mass is 9.96. The number of hydrogen-bond donors (Lipinski definition) is 2. The molecule has 5 nitrogen and oxygen atoms in total. The fourth-order valence-electron chi connectivity index (χ4n) is 2.85. The molecule has 1 aliphatic rings. The molecule has 0 bridgehead atoms. The van der Waals surface area contributed by atoms with Crippen molar-refractivity contribution >= 4 is 35.6 Å². The van der Waals surface area contributed by atoms with E-state index in [1.165, 1.54) is 6.07 Å². The number of nitrogens with two attached hydrogens (primary N) is 1. The van der Waals surface area contributed by atoms with Gasteiger partial charge in [0.15, 0.2) is 17.5 Å². The summed E-state index contributed by atoms with van der Waals surface area (Å²) in [5, 5.41) is 3.05. The second-order valence-electron chi connectivity index (χ2n) is 6.19. The number of rotatable bonds is 6. The smallest absolute Gasteiger partial charge is 0.193 e. The summed E-state index contributed by atoms with van der Waals surface area (Å²) in [6, 6.07) is 12.1. The summed E-state index contributed by atoms with van der Waals surface area (Å²) in [7, 11) is 3.16. The van der Waals surface area contributed by atoms with Gasteiger partial charge in [-0.05, 0) is 42.7 Å². The molecule has 0 aliphatic heterocycles. The predicted octanol–water partition coefficient (Wildman–Crippen LogP) is 3.92. The third kappa shape index (κ3) is 4.57. The average molecular weight is 471 g/mol. The number of nitrogens with zero attached hydrogens (tertiary/aromatic N) is 1. The van der Waals surface area contributed by atoms with Crippen molar-refractivity contribution in [3.05, 3.63) is 53.8 Å². The number of hydrogen-bond acceptors (Lipinski definition) is 3. The first-order valence-corrected chi connectivity index (χ1v) is 8.11. The van der Waals surface area contributed by atoms with Crippen LogP contribution < -0.4 is 20.5 Å². The summed E-state index contributed by atoms with van der Waals surface area (Å²) in [4.78, 5) is 4.45. The lowest BCUT2D eigenvalue weighted by Crippen LogP contribution is -2.25. The zero-order valence-corrected chi connectivity index (χ0v) is 17.1. The van der Waals surface area contributed by atoms with Crippen molar-refractivity contribution in [3.8, 4) is 11.5 Å². The van der Waals surface area contributed by atoms with Crippen molar-refractivity contribution in [2.45, 2.75) is 18.3 Å². The minimum Gasteiger partial charge on any atom is -0.493 e. The minimum absolute atomic E-state index is 0. The van der Waals surface area contributed by atoms with Crippen LogP contribution in [0.2, 0.25) is 0 Å². The highest BCUT2D eigenvalue weighted by Gasteiger charge is 2.44. The van der Waals surface area contributed by atoms with Crippen LogP contribution in [0.3, 0.4) is 0 Å². The van der Waals surface area contributed by atoms with Crippen LogP contribution in [0.5, 0.6) is 11.5 Å². The highest BCUT2D eigenvalue weighted by Crippen LogP contribution is 2.48. The molecule has 2 aromatic carbocycles. The molecular formula is C19H23FIN3O2. The Bertz CT molecular complexity index is 794. The highest BCUT2D eigenvalue weighted by atomic mass is 127. The fraction of sp³-hybridized carbons (Fsp3) is 0.316. The van der Waals surface area contributed by atoms with Gasteiger partial charge < -0.3 is 20.5 Å². The minimum atomic E-state index is -0.218. The Morgan fingerprint density at radius 1 is 1.15 bits per heavy atom. The Labute approximate surface area is 169 Å². The lowest BCUT2D eigenvalue weighted by molar-refractivity contribution is 0.355. The summed E-state index contributed by atoms with van der Waals surface area (Å²) >= 11 is 0. The number of ether oxygens (including phenoxy) is 2. The van der Waals surface area contributed by atoms with E-state index in [9.17, 15) is 4.39 Å². The van der Waals surface area contributed by atoms with Crippen molar-refractivity contribution in [1.82, 2.24) is 0 Å². The molecule has 0 heterocycles. The Kier molecular flexibility index (Phi) is 6.69. The van der Waals surface area contributed by atoms with Crippen LogP contribution in [0.4, 0.5) is 10.1 Å². The number of guanidine groups is 1. The third-order valence-electron chi connectivity index (χ3n) is 4.50. The van der Waals surface area contributed by atoms with E-state index in [1.807, 2.05) is 12.1 Å². The van der Waals surface area contributed by atoms with Crippen molar-refractivity contribution in [2.24, 2.45) is 10.7 Å². The zero-order chi connectivity index (χ0) is 17.9. The second kappa shape index (κ2) is 8.57. The lowest BCUT2D eigenvalue weighted by Gasteiger charge is -2.14. The second-order valence-corrected chi connectivity index (χ2v) is 6.19. The van der Waals surface area contributed by atoms with Gasteiger partial charge in [0.25, 0.3) is 0 Å². The van der Waals surface area contributed by atoms with Crippen molar-refractivity contribution < 1.29 is 13.9 Å². The Hall–Kier alpha value is -2.03. The van der Waals surface area contributed by atoms with Gasteiger partial charge in [-0.1, -0.05) is 12.1 Å². The van der Waals surface area contributed by atoms with Gasteiger partial charge in [0.1, 0.15) is 5.82 Å². The van der Waals surface area contributed by atoms with Crippen LogP contribution in [0, 0.1) is 5.82 Å². The largest absolute Gasteiger partial charge is 0.493 e. The van der Waals surface area contributed by atoms with Gasteiger partial charge in [0, 0.05) is 17.2 Å². The molecule has 2 aromatic rings. The predicted molar refractivity (Wildman–Crippen MR) is 112 cm³/mol. The van der Waals surface area contributed by atoms with Crippen LogP contribution in [0.25, 0.3) is 0 Å². The van der Waals surface area contributed by atoms with Crippen LogP contribution in [0.15, 0.2) is 47.5 Å². The standard InChI is InChI=1S/C19H22FN3O2.HI/c1-24-16-7-6-15(11-17(16)25-2)23-18(21)22-12-19(8-9-19)13-4-3-5-14(20)10-13;/h3-7,10-11H,8-9,12H2,1-2H3,(H3,21,22,23);1H. The summed E-state index contributed by atoms with van der Waals surface area (Å²) in [6.45, 7) is 0.530. The molecule has 0 saturated heterocycles. The molecule has 1 aliphatic carbocycles. The van der Waals surface area contributed by atoms with E-state index >= 15 is 0 Å². The molecule has 26 heavy (non-hydrogen) atoms. The van der Waals surface area contributed by atoms with Crippen molar-refractivity contribution in [3.63, 3.8) is 0 Å². The molecule has 7 heteroatoms. The first-order valence-electron chi connectivity index (χ1n) is 8.11. The maximum atomic E-state index is 13.4. The average Bonchev–Trinajstić information content (AvgIpc) is 3.41. The summed E-state index contributed by atoms with van der Waals surface area (Å²) in [5.41, 5.74) is 7.65. The van der Waals surface area contributed by atoms with E-state index in [0.717, 1.165) is 24.1 Å². The van der Waals surface area contributed by atoms with E-state index in [0.29, 0.717) is 24.0 Å². The Balaban J connectivity index is 0.00000243.